The molecule has 0 unspecified atom stereocenters. The fourth-order valence-electron chi connectivity index (χ4n) is 4.56. The molecule has 1 fully saturated rings. The van der Waals surface area contributed by atoms with Crippen LogP contribution >= 0.6 is 34.9 Å². The van der Waals surface area contributed by atoms with E-state index in [4.69, 9.17) is 21.0 Å². The number of thioether (sulfide) groups is 2. The lowest BCUT2D eigenvalue weighted by atomic mass is 10.0. The number of carbonyl (C=O) groups is 5. The molecule has 2 atom stereocenters. The lowest BCUT2D eigenvalue weighted by molar-refractivity contribution is -0.160. The second-order valence-electron chi connectivity index (χ2n) is 11.1. The summed E-state index contributed by atoms with van der Waals surface area (Å²) in [6.45, 7) is 6.23. The average Bonchev–Trinajstić information content (AvgIpc) is 3.61. The fourth-order valence-corrected chi connectivity index (χ4v) is 7.67. The largest absolute Gasteiger partial charge is 0.477 e. The Morgan fingerprint density at radius 2 is 2.04 bits per heavy atom. The van der Waals surface area contributed by atoms with Gasteiger partial charge >= 0.3 is 18.0 Å². The van der Waals surface area contributed by atoms with E-state index in [-0.39, 0.29) is 33.7 Å². The third-order valence-corrected chi connectivity index (χ3v) is 9.53. The van der Waals surface area contributed by atoms with Gasteiger partial charge in [-0.25, -0.2) is 34.4 Å². The van der Waals surface area contributed by atoms with Crippen LogP contribution in [0.5, 0.6) is 0 Å². The molecule has 4 aliphatic heterocycles. The minimum absolute atomic E-state index is 0.0567. The second kappa shape index (κ2) is 13.3. The monoisotopic (exact) mass is 706 g/mol. The predicted octanol–water partition coefficient (Wildman–Crippen LogP) is 0.490. The number of oxime groups is 1. The van der Waals surface area contributed by atoms with Gasteiger partial charge in [-0.2, -0.15) is 0 Å². The van der Waals surface area contributed by atoms with Gasteiger partial charge in [-0.15, -0.1) is 40.4 Å². The minimum atomic E-state index is -1.30. The number of hydrogen-bond donors (Lipinski definition) is 5. The quantitative estimate of drug-likeness (QED) is 0.0962. The number of allylic oxidation sites excluding steroid dienone is 1. The molecule has 21 heteroatoms. The van der Waals surface area contributed by atoms with E-state index in [1.807, 2.05) is 0 Å². The molecule has 0 aromatic carbocycles. The number of anilines is 1. The number of esters is 1. The number of rotatable bonds is 10. The summed E-state index contributed by atoms with van der Waals surface area (Å²) in [7, 11) is 0. The smallest absolute Gasteiger partial charge is 0.352 e. The maximum absolute atomic E-state index is 13.3. The van der Waals surface area contributed by atoms with Crippen molar-refractivity contribution in [2.24, 2.45) is 15.9 Å². The van der Waals surface area contributed by atoms with Gasteiger partial charge in [-0.1, -0.05) is 5.16 Å². The van der Waals surface area contributed by atoms with Gasteiger partial charge in [-0.05, 0) is 39.3 Å². The molecule has 0 bridgehead atoms. The van der Waals surface area contributed by atoms with E-state index < -0.39 is 53.4 Å². The number of fused-ring (bicyclic) bond motifs is 2. The van der Waals surface area contributed by atoms with Crippen LogP contribution in [-0.4, -0.2) is 101 Å². The number of nitrogen functional groups attached to an aromatic ring is 1. The van der Waals surface area contributed by atoms with E-state index in [0.717, 1.165) is 21.2 Å². The first kappa shape index (κ1) is 33.8. The van der Waals surface area contributed by atoms with Gasteiger partial charge in [-0.3, -0.25) is 14.5 Å². The highest BCUT2D eigenvalue weighted by molar-refractivity contribution is 8.03. The van der Waals surface area contributed by atoms with Crippen LogP contribution in [0.2, 0.25) is 0 Å². The third kappa shape index (κ3) is 7.37. The zero-order valence-electron chi connectivity index (χ0n) is 25.4. The molecule has 1 saturated heterocycles. The van der Waals surface area contributed by atoms with Gasteiger partial charge in [0.2, 0.25) is 6.61 Å². The SMILES string of the molecule is CC1=NC2=CN(C(N)=O)NN2C(SCC2=C(C(=O)O)N3C(=O)[C@@H](NC(=O)/C(=N\OCC(=O)OC(C)(C)C)c4csc(N)n4)[C@H]3SC2)=C1. The third-order valence-electron chi connectivity index (χ3n) is 6.43. The van der Waals surface area contributed by atoms with Gasteiger partial charge < -0.3 is 31.5 Å². The van der Waals surface area contributed by atoms with E-state index in [9.17, 15) is 29.1 Å². The van der Waals surface area contributed by atoms with Crippen molar-refractivity contribution in [3.8, 4) is 0 Å². The lowest BCUT2D eigenvalue weighted by Crippen LogP contribution is -2.71. The number of nitrogens with zero attached hydrogens (tertiary/aromatic N) is 6. The number of carboxylic acids is 1. The number of urea groups is 1. The Morgan fingerprint density at radius 3 is 2.68 bits per heavy atom. The van der Waals surface area contributed by atoms with E-state index in [1.165, 1.54) is 40.1 Å². The molecular weight excluding hydrogens is 677 g/mol. The Hall–Kier alpha value is -4.60. The predicted molar refractivity (Wildman–Crippen MR) is 173 cm³/mol. The molecule has 47 heavy (non-hydrogen) atoms. The van der Waals surface area contributed by atoms with Crippen LogP contribution in [-0.2, 0) is 28.8 Å². The molecule has 7 N–H and O–H groups in total. The summed E-state index contributed by atoms with van der Waals surface area (Å²) in [6.07, 6.45) is 3.19. The number of aromatic nitrogens is 1. The summed E-state index contributed by atoms with van der Waals surface area (Å²) in [5, 5.41) is 20.6. The number of aliphatic carboxylic acids is 1. The molecule has 0 radical (unpaired) electrons. The first-order valence-electron chi connectivity index (χ1n) is 13.7. The van der Waals surface area contributed by atoms with Gasteiger partial charge in [0.1, 0.15) is 28.4 Å². The van der Waals surface area contributed by atoms with Crippen LogP contribution < -0.4 is 22.3 Å². The maximum atomic E-state index is 13.3. The summed E-state index contributed by atoms with van der Waals surface area (Å²) >= 11 is 3.60. The second-order valence-corrected chi connectivity index (χ2v) is 14.1. The first-order valence-corrected chi connectivity index (χ1v) is 16.6. The summed E-state index contributed by atoms with van der Waals surface area (Å²) in [6, 6.07) is -1.82. The number of carbonyl (C=O) groups excluding carboxylic acids is 4. The summed E-state index contributed by atoms with van der Waals surface area (Å²) in [4.78, 5) is 77.4. The number of ether oxygens (including phenoxy) is 1. The van der Waals surface area contributed by atoms with Crippen LogP contribution in [0, 0.1) is 0 Å². The van der Waals surface area contributed by atoms with Crippen molar-refractivity contribution >= 4 is 81.2 Å². The number of thiazole rings is 1. The molecule has 1 aromatic heterocycles. The summed E-state index contributed by atoms with van der Waals surface area (Å²) in [5.74, 6) is -2.61. The van der Waals surface area contributed by atoms with Crippen molar-refractivity contribution < 1.29 is 38.7 Å². The van der Waals surface area contributed by atoms with E-state index in [1.54, 1.807) is 33.8 Å². The molecule has 5 rings (SSSR count). The Morgan fingerprint density at radius 1 is 1.30 bits per heavy atom. The number of hydrazine groups is 2. The Kier molecular flexibility index (Phi) is 9.52. The van der Waals surface area contributed by atoms with Crippen molar-refractivity contribution in [1.82, 2.24) is 30.8 Å². The van der Waals surface area contributed by atoms with Crippen LogP contribution in [0.4, 0.5) is 9.93 Å². The van der Waals surface area contributed by atoms with Crippen LogP contribution in [0.3, 0.4) is 0 Å². The van der Waals surface area contributed by atoms with Crippen molar-refractivity contribution in [3.05, 3.63) is 45.5 Å². The number of carboxylic acid groups (broad SMARTS) is 1. The van der Waals surface area contributed by atoms with E-state index in [2.05, 4.69) is 26.0 Å². The standard InChI is InChI=1S/C26H30N10O8S3/c1-11-5-15(36-14(29-11)6-34(33-36)25(28)42)45-8-12-9-46-22-18(21(39)35(22)19(12)23(40)41)31-20(38)17(13-10-47-24(27)30-13)32-43-7-16(37)44-26(2,3)4/h5-6,10,18,22,33H,7-9H2,1-4H3,(H2,27,30)(H2,28,42)(H,31,38)(H,40,41)/b32-17-/t18-,22-/m1/s1. The van der Waals surface area contributed by atoms with Crippen LogP contribution in [0.1, 0.15) is 33.4 Å². The number of nitrogens with one attached hydrogen (secondary N) is 2. The van der Waals surface area contributed by atoms with Crippen molar-refractivity contribution in [2.75, 3.05) is 23.8 Å². The highest BCUT2D eigenvalue weighted by Crippen LogP contribution is 2.42. The zero-order chi connectivity index (χ0) is 34.2. The number of hydrogen-bond acceptors (Lipinski definition) is 16. The minimum Gasteiger partial charge on any atom is -0.477 e. The van der Waals surface area contributed by atoms with Crippen molar-refractivity contribution in [1.29, 1.82) is 0 Å². The van der Waals surface area contributed by atoms with Crippen LogP contribution in [0.15, 0.2) is 49.9 Å². The topological polar surface area (TPSA) is 247 Å². The first-order chi connectivity index (χ1) is 22.1. The fraction of sp³-hybridized carbons (Fsp3) is 0.385. The maximum Gasteiger partial charge on any atom is 0.352 e. The molecule has 1 aromatic rings. The molecule has 4 aliphatic rings. The Bertz CT molecular complexity index is 1690. The van der Waals surface area contributed by atoms with Crippen molar-refractivity contribution in [2.45, 2.75) is 44.7 Å². The number of β-lactam (4-membered cyclic amide) rings is 1. The molecule has 250 valence electrons. The highest BCUT2D eigenvalue weighted by atomic mass is 32.2. The number of aliphatic imine (C=N–C) groups is 1. The number of amides is 4. The highest BCUT2D eigenvalue weighted by Gasteiger charge is 2.54. The summed E-state index contributed by atoms with van der Waals surface area (Å²) < 4.78 is 5.17. The van der Waals surface area contributed by atoms with Crippen molar-refractivity contribution in [3.63, 3.8) is 0 Å². The van der Waals surface area contributed by atoms with Crippen LogP contribution in [0.25, 0.3) is 0 Å². The summed E-state index contributed by atoms with van der Waals surface area (Å²) in [5.41, 5.74) is 13.8. The van der Waals surface area contributed by atoms with E-state index >= 15 is 0 Å². The van der Waals surface area contributed by atoms with Gasteiger partial charge in [0.25, 0.3) is 11.8 Å². The van der Waals surface area contributed by atoms with Gasteiger partial charge in [0, 0.05) is 22.6 Å². The molecular formula is C26H30N10O8S3. The average molecular weight is 707 g/mol. The normalized spacial score (nSPS) is 20.9. The lowest BCUT2D eigenvalue weighted by Gasteiger charge is -2.49. The van der Waals surface area contributed by atoms with E-state index in [0.29, 0.717) is 22.1 Å². The van der Waals surface area contributed by atoms with Gasteiger partial charge in [0.15, 0.2) is 16.7 Å². The molecule has 5 heterocycles. The zero-order valence-corrected chi connectivity index (χ0v) is 27.8. The molecule has 18 nitrogen and oxygen atoms in total. The molecule has 0 aliphatic carbocycles. The molecule has 4 amide bonds. The Balaban J connectivity index is 1.27. The molecule has 0 spiro atoms. The molecule has 0 saturated carbocycles. The Labute approximate surface area is 279 Å². The van der Waals surface area contributed by atoms with Gasteiger partial charge in [0.05, 0.1) is 11.2 Å². The number of nitrogens with two attached hydrogens (primary N) is 2. The number of primary amides is 1.